The van der Waals surface area contributed by atoms with E-state index in [1.54, 1.807) is 30.5 Å². The molecule has 0 aromatic heterocycles. The van der Waals surface area contributed by atoms with Gasteiger partial charge >= 0.3 is 0 Å². The van der Waals surface area contributed by atoms with Crippen molar-refractivity contribution in [2.75, 3.05) is 0 Å². The van der Waals surface area contributed by atoms with E-state index < -0.39 is 0 Å². The number of amides is 1. The normalized spacial score (nSPS) is 15.2. The first-order chi connectivity index (χ1) is 8.29. The van der Waals surface area contributed by atoms with Crippen LogP contribution in [0.25, 0.3) is 0 Å². The molecule has 1 N–H and O–H groups in total. The summed E-state index contributed by atoms with van der Waals surface area (Å²) in [5.74, 6) is 0.147. The smallest absolute Gasteiger partial charge is 0.243 e. The standard InChI is InChI=1S/C13H13N3O/c14-8-10-4-6-11(7-5-10)9-15-16-13(17)12-2-1-3-12/h4-7,9,12H,1-3H2,(H,16,17)/b15-9+. The summed E-state index contributed by atoms with van der Waals surface area (Å²) in [5, 5.41) is 12.5. The van der Waals surface area contributed by atoms with Gasteiger partial charge < -0.3 is 0 Å². The quantitative estimate of drug-likeness (QED) is 0.632. The largest absolute Gasteiger partial charge is 0.273 e. The van der Waals surface area contributed by atoms with Crippen LogP contribution in [-0.2, 0) is 4.79 Å². The van der Waals surface area contributed by atoms with Crippen LogP contribution in [0.1, 0.15) is 30.4 Å². The minimum atomic E-state index is 0.00106. The highest BCUT2D eigenvalue weighted by Crippen LogP contribution is 2.25. The van der Waals surface area contributed by atoms with Crippen molar-refractivity contribution < 1.29 is 4.79 Å². The molecule has 0 radical (unpaired) electrons. The third kappa shape index (κ3) is 2.91. The first-order valence-corrected chi connectivity index (χ1v) is 5.62. The average molecular weight is 227 g/mol. The Kier molecular flexibility index (Phi) is 3.51. The number of carbonyl (C=O) groups is 1. The van der Waals surface area contributed by atoms with Gasteiger partial charge in [-0.05, 0) is 30.5 Å². The number of nitrogens with one attached hydrogen (secondary N) is 1. The second-order valence-corrected chi connectivity index (χ2v) is 4.10. The monoisotopic (exact) mass is 227 g/mol. The Morgan fingerprint density at radius 1 is 1.41 bits per heavy atom. The summed E-state index contributed by atoms with van der Waals surface area (Å²) in [6.07, 6.45) is 4.66. The van der Waals surface area contributed by atoms with Crippen molar-refractivity contribution in [2.24, 2.45) is 11.0 Å². The number of benzene rings is 1. The van der Waals surface area contributed by atoms with Crippen LogP contribution >= 0.6 is 0 Å². The van der Waals surface area contributed by atoms with Gasteiger partial charge in [-0.25, -0.2) is 5.43 Å². The highest BCUT2D eigenvalue weighted by atomic mass is 16.2. The van der Waals surface area contributed by atoms with Gasteiger partial charge in [0.1, 0.15) is 0 Å². The zero-order valence-electron chi connectivity index (χ0n) is 9.39. The number of carbonyl (C=O) groups excluding carboxylic acids is 1. The van der Waals surface area contributed by atoms with E-state index >= 15 is 0 Å². The second kappa shape index (κ2) is 5.26. The summed E-state index contributed by atoms with van der Waals surface area (Å²) >= 11 is 0. The Hall–Kier alpha value is -2.15. The SMILES string of the molecule is N#Cc1ccc(/C=N/NC(=O)C2CCC2)cc1. The molecular formula is C13H13N3O. The van der Waals surface area contributed by atoms with Gasteiger partial charge in [-0.15, -0.1) is 0 Å². The van der Waals surface area contributed by atoms with Crippen LogP contribution in [0.3, 0.4) is 0 Å². The first kappa shape index (κ1) is 11.3. The van der Waals surface area contributed by atoms with E-state index in [4.69, 9.17) is 5.26 Å². The molecule has 4 heteroatoms. The molecule has 1 saturated carbocycles. The van der Waals surface area contributed by atoms with E-state index in [9.17, 15) is 4.79 Å². The van der Waals surface area contributed by atoms with Gasteiger partial charge in [-0.2, -0.15) is 10.4 Å². The van der Waals surface area contributed by atoms with Crippen LogP contribution in [-0.4, -0.2) is 12.1 Å². The minimum Gasteiger partial charge on any atom is -0.273 e. The molecule has 0 heterocycles. The lowest BCUT2D eigenvalue weighted by Gasteiger charge is -2.22. The second-order valence-electron chi connectivity index (χ2n) is 4.10. The lowest BCUT2D eigenvalue weighted by Crippen LogP contribution is -2.31. The maximum atomic E-state index is 11.4. The van der Waals surface area contributed by atoms with E-state index in [1.165, 1.54) is 0 Å². The number of rotatable bonds is 3. The Labute approximate surface area is 99.9 Å². The fourth-order valence-electron chi connectivity index (χ4n) is 1.58. The van der Waals surface area contributed by atoms with Crippen LogP contribution in [0, 0.1) is 17.2 Å². The summed E-state index contributed by atoms with van der Waals surface area (Å²) in [6, 6.07) is 9.06. The van der Waals surface area contributed by atoms with E-state index in [-0.39, 0.29) is 11.8 Å². The fraction of sp³-hybridized carbons (Fsp3) is 0.308. The molecule has 0 unspecified atom stereocenters. The van der Waals surface area contributed by atoms with Gasteiger partial charge in [-0.3, -0.25) is 4.79 Å². The van der Waals surface area contributed by atoms with Gasteiger partial charge in [0, 0.05) is 5.92 Å². The lowest BCUT2D eigenvalue weighted by molar-refractivity contribution is -0.127. The van der Waals surface area contributed by atoms with Gasteiger partial charge in [0.15, 0.2) is 0 Å². The molecule has 0 saturated heterocycles. The number of nitriles is 1. The van der Waals surface area contributed by atoms with Crippen molar-refractivity contribution >= 4 is 12.1 Å². The fourth-order valence-corrected chi connectivity index (χ4v) is 1.58. The van der Waals surface area contributed by atoms with Gasteiger partial charge in [0.05, 0.1) is 17.8 Å². The zero-order chi connectivity index (χ0) is 12.1. The summed E-state index contributed by atoms with van der Waals surface area (Å²) < 4.78 is 0. The average Bonchev–Trinajstić information content (AvgIpc) is 2.27. The highest BCUT2D eigenvalue weighted by molar-refractivity contribution is 5.83. The Morgan fingerprint density at radius 2 is 2.12 bits per heavy atom. The van der Waals surface area contributed by atoms with Crippen LogP contribution in [0.2, 0.25) is 0 Å². The van der Waals surface area contributed by atoms with Crippen molar-refractivity contribution in [1.29, 1.82) is 5.26 Å². The van der Waals surface area contributed by atoms with Gasteiger partial charge in [-0.1, -0.05) is 18.6 Å². The molecule has 0 atom stereocenters. The van der Waals surface area contributed by atoms with Crippen LogP contribution in [0.5, 0.6) is 0 Å². The maximum absolute atomic E-state index is 11.4. The molecule has 0 aliphatic heterocycles. The summed E-state index contributed by atoms with van der Waals surface area (Å²) in [7, 11) is 0. The van der Waals surface area contributed by atoms with Crippen molar-refractivity contribution in [3.8, 4) is 6.07 Å². The third-order valence-electron chi connectivity index (χ3n) is 2.90. The molecule has 4 nitrogen and oxygen atoms in total. The molecule has 0 spiro atoms. The maximum Gasteiger partial charge on any atom is 0.243 e. The van der Waals surface area contributed by atoms with E-state index in [0.717, 1.165) is 24.8 Å². The summed E-state index contributed by atoms with van der Waals surface area (Å²) in [5.41, 5.74) is 4.00. The molecular weight excluding hydrogens is 214 g/mol. The van der Waals surface area contributed by atoms with Crippen LogP contribution in [0.15, 0.2) is 29.4 Å². The number of hydrazone groups is 1. The Morgan fingerprint density at radius 3 is 2.65 bits per heavy atom. The molecule has 0 bridgehead atoms. The minimum absolute atomic E-state index is 0.00106. The highest BCUT2D eigenvalue weighted by Gasteiger charge is 2.24. The molecule has 1 aromatic carbocycles. The number of hydrogen-bond donors (Lipinski definition) is 1. The third-order valence-corrected chi connectivity index (χ3v) is 2.90. The summed E-state index contributed by atoms with van der Waals surface area (Å²) in [4.78, 5) is 11.4. The molecule has 17 heavy (non-hydrogen) atoms. The molecule has 1 amide bonds. The molecule has 1 fully saturated rings. The Bertz CT molecular complexity index is 466. The van der Waals surface area contributed by atoms with Crippen molar-refractivity contribution in [3.05, 3.63) is 35.4 Å². The first-order valence-electron chi connectivity index (χ1n) is 5.62. The lowest BCUT2D eigenvalue weighted by atomic mass is 9.85. The predicted molar refractivity (Wildman–Crippen MR) is 64.2 cm³/mol. The molecule has 1 aromatic rings. The zero-order valence-corrected chi connectivity index (χ0v) is 9.39. The molecule has 1 aliphatic carbocycles. The van der Waals surface area contributed by atoms with Gasteiger partial charge in [0.25, 0.3) is 0 Å². The predicted octanol–water partition coefficient (Wildman–Crippen LogP) is 1.81. The van der Waals surface area contributed by atoms with E-state index in [2.05, 4.69) is 10.5 Å². The summed E-state index contributed by atoms with van der Waals surface area (Å²) in [6.45, 7) is 0. The van der Waals surface area contributed by atoms with E-state index in [0.29, 0.717) is 5.56 Å². The van der Waals surface area contributed by atoms with Crippen molar-refractivity contribution in [2.45, 2.75) is 19.3 Å². The molecule has 1 aliphatic rings. The molecule has 2 rings (SSSR count). The number of hydrogen-bond acceptors (Lipinski definition) is 3. The topological polar surface area (TPSA) is 65.2 Å². The Balaban J connectivity index is 1.87. The molecule has 86 valence electrons. The van der Waals surface area contributed by atoms with Gasteiger partial charge in [0.2, 0.25) is 5.91 Å². The van der Waals surface area contributed by atoms with Crippen LogP contribution in [0.4, 0.5) is 0 Å². The number of nitrogens with zero attached hydrogens (tertiary/aromatic N) is 2. The van der Waals surface area contributed by atoms with Crippen molar-refractivity contribution in [3.63, 3.8) is 0 Å². The van der Waals surface area contributed by atoms with Crippen LogP contribution < -0.4 is 5.43 Å². The van der Waals surface area contributed by atoms with Crippen molar-refractivity contribution in [1.82, 2.24) is 5.43 Å². The van der Waals surface area contributed by atoms with E-state index in [1.807, 2.05) is 6.07 Å².